The Morgan fingerprint density at radius 3 is 2.53 bits per heavy atom. The summed E-state index contributed by atoms with van der Waals surface area (Å²) in [4.78, 5) is 18.6. The highest BCUT2D eigenvalue weighted by Crippen LogP contribution is 2.13. The molecule has 1 atom stereocenters. The maximum Gasteiger partial charge on any atom is 0.407 e. The Hall–Kier alpha value is -1.56. The molecule has 0 bridgehead atoms. The minimum absolute atomic E-state index is 0. The summed E-state index contributed by atoms with van der Waals surface area (Å²) in [5, 5.41) is 6.10. The van der Waals surface area contributed by atoms with Gasteiger partial charge in [-0.1, -0.05) is 18.2 Å². The normalized spacial score (nSPS) is 17.3. The fourth-order valence-corrected chi connectivity index (χ4v) is 4.42. The number of hydrogen-bond donors (Lipinski definition) is 2. The molecule has 1 unspecified atom stereocenters. The van der Waals surface area contributed by atoms with Crippen molar-refractivity contribution in [2.45, 2.75) is 50.2 Å². The van der Waals surface area contributed by atoms with Gasteiger partial charge in [-0.15, -0.1) is 24.0 Å². The summed E-state index contributed by atoms with van der Waals surface area (Å²) in [6, 6.07) is 8.46. The molecule has 1 aliphatic heterocycles. The molecule has 1 fully saturated rings. The van der Waals surface area contributed by atoms with Gasteiger partial charge in [0.15, 0.2) is 15.8 Å². The van der Waals surface area contributed by atoms with Crippen LogP contribution in [-0.4, -0.2) is 69.4 Å². The van der Waals surface area contributed by atoms with E-state index in [4.69, 9.17) is 4.74 Å². The van der Waals surface area contributed by atoms with Gasteiger partial charge in [-0.25, -0.2) is 13.2 Å². The number of rotatable bonds is 6. The van der Waals surface area contributed by atoms with Crippen molar-refractivity contribution in [3.8, 4) is 0 Å². The first kappa shape index (κ1) is 26.5. The van der Waals surface area contributed by atoms with Crippen LogP contribution in [0.15, 0.2) is 40.2 Å². The molecule has 2 rings (SSSR count). The van der Waals surface area contributed by atoms with E-state index >= 15 is 0 Å². The standard InChI is InChI=1S/C20H32N4O4S.HI/c1-20(2,3)28-19(25)23-16-11-13-24(15-16)18(21-4)22-12-8-14-29(26,27)17-9-6-5-7-10-17;/h5-7,9-10,16H,8,11-15H2,1-4H3,(H,21,22)(H,23,25);1H. The summed E-state index contributed by atoms with van der Waals surface area (Å²) < 4.78 is 30.0. The third-order valence-electron chi connectivity index (χ3n) is 4.40. The van der Waals surface area contributed by atoms with Gasteiger partial charge in [0.25, 0.3) is 0 Å². The monoisotopic (exact) mass is 552 g/mol. The average Bonchev–Trinajstić information content (AvgIpc) is 3.09. The number of ether oxygens (including phenoxy) is 1. The molecule has 1 amide bonds. The van der Waals surface area contributed by atoms with E-state index in [0.717, 1.165) is 13.0 Å². The van der Waals surface area contributed by atoms with Crippen LogP contribution in [0.5, 0.6) is 0 Å². The minimum Gasteiger partial charge on any atom is -0.444 e. The molecule has 170 valence electrons. The highest BCUT2D eigenvalue weighted by atomic mass is 127. The molecule has 0 saturated carbocycles. The van der Waals surface area contributed by atoms with E-state index in [1.807, 2.05) is 25.7 Å². The van der Waals surface area contributed by atoms with Crippen molar-refractivity contribution >= 4 is 45.9 Å². The third kappa shape index (κ3) is 8.66. The zero-order valence-corrected chi connectivity index (χ0v) is 21.2. The molecule has 0 aromatic heterocycles. The van der Waals surface area contributed by atoms with Crippen LogP contribution >= 0.6 is 24.0 Å². The lowest BCUT2D eigenvalue weighted by Crippen LogP contribution is -2.44. The van der Waals surface area contributed by atoms with Crippen LogP contribution < -0.4 is 10.6 Å². The lowest BCUT2D eigenvalue weighted by molar-refractivity contribution is 0.0507. The summed E-state index contributed by atoms with van der Waals surface area (Å²) in [5.74, 6) is 0.778. The van der Waals surface area contributed by atoms with Crippen molar-refractivity contribution in [3.63, 3.8) is 0 Å². The quantitative estimate of drug-likeness (QED) is 0.244. The number of guanidine groups is 1. The van der Waals surface area contributed by atoms with E-state index in [9.17, 15) is 13.2 Å². The molecule has 0 aliphatic carbocycles. The Kier molecular flexibility index (Phi) is 10.4. The van der Waals surface area contributed by atoms with Crippen LogP contribution in [0.3, 0.4) is 0 Å². The lowest BCUT2D eigenvalue weighted by atomic mass is 10.2. The molecule has 1 saturated heterocycles. The number of nitrogens with one attached hydrogen (secondary N) is 2. The fourth-order valence-electron chi connectivity index (χ4n) is 3.09. The van der Waals surface area contributed by atoms with E-state index in [0.29, 0.717) is 30.4 Å². The second-order valence-corrected chi connectivity index (χ2v) is 10.1. The summed E-state index contributed by atoms with van der Waals surface area (Å²) >= 11 is 0. The number of benzene rings is 1. The molecule has 30 heavy (non-hydrogen) atoms. The van der Waals surface area contributed by atoms with Gasteiger partial charge in [0, 0.05) is 26.7 Å². The Balaban J connectivity index is 0.00000450. The van der Waals surface area contributed by atoms with Gasteiger partial charge in [-0.3, -0.25) is 4.99 Å². The Labute approximate surface area is 196 Å². The molecule has 1 aromatic rings. The van der Waals surface area contributed by atoms with Crippen molar-refractivity contribution in [2.24, 2.45) is 4.99 Å². The zero-order chi connectivity index (χ0) is 21.5. The maximum atomic E-state index is 12.3. The maximum absolute atomic E-state index is 12.3. The second kappa shape index (κ2) is 11.7. The third-order valence-corrected chi connectivity index (χ3v) is 6.21. The highest BCUT2D eigenvalue weighted by Gasteiger charge is 2.27. The van der Waals surface area contributed by atoms with Gasteiger partial charge < -0.3 is 20.3 Å². The van der Waals surface area contributed by atoms with Crippen LogP contribution in [0, 0.1) is 0 Å². The van der Waals surface area contributed by atoms with Gasteiger partial charge in [0.1, 0.15) is 5.60 Å². The van der Waals surface area contributed by atoms with E-state index in [1.54, 1.807) is 37.4 Å². The van der Waals surface area contributed by atoms with Gasteiger partial charge in [-0.05, 0) is 45.7 Å². The molecular weight excluding hydrogens is 519 g/mol. The molecule has 0 spiro atoms. The van der Waals surface area contributed by atoms with Crippen molar-refractivity contribution in [2.75, 3.05) is 32.4 Å². The average molecular weight is 552 g/mol. The number of carbonyl (C=O) groups is 1. The summed E-state index contributed by atoms with van der Waals surface area (Å²) in [6.07, 6.45) is 0.852. The smallest absolute Gasteiger partial charge is 0.407 e. The molecule has 10 heteroatoms. The predicted octanol–water partition coefficient (Wildman–Crippen LogP) is 2.64. The van der Waals surface area contributed by atoms with Crippen LogP contribution in [-0.2, 0) is 14.6 Å². The Bertz CT molecular complexity index is 810. The van der Waals surface area contributed by atoms with Crippen LogP contribution in [0.4, 0.5) is 4.79 Å². The number of likely N-dealkylation sites (tertiary alicyclic amines) is 1. The summed E-state index contributed by atoms with van der Waals surface area (Å²) in [7, 11) is -1.58. The molecule has 2 N–H and O–H groups in total. The van der Waals surface area contributed by atoms with Crippen molar-refractivity contribution < 1.29 is 17.9 Å². The number of halogens is 1. The number of sulfone groups is 1. The number of aliphatic imine (C=N–C) groups is 1. The van der Waals surface area contributed by atoms with Crippen molar-refractivity contribution in [1.29, 1.82) is 0 Å². The fraction of sp³-hybridized carbons (Fsp3) is 0.600. The first-order valence-corrected chi connectivity index (χ1v) is 11.5. The number of nitrogens with zero attached hydrogens (tertiary/aromatic N) is 2. The van der Waals surface area contributed by atoms with Crippen LogP contribution in [0.2, 0.25) is 0 Å². The van der Waals surface area contributed by atoms with Crippen LogP contribution in [0.1, 0.15) is 33.6 Å². The topological polar surface area (TPSA) is 100 Å². The van der Waals surface area contributed by atoms with Crippen molar-refractivity contribution in [3.05, 3.63) is 30.3 Å². The van der Waals surface area contributed by atoms with E-state index in [1.165, 1.54) is 0 Å². The van der Waals surface area contributed by atoms with Gasteiger partial charge in [0.2, 0.25) is 0 Å². The van der Waals surface area contributed by atoms with Gasteiger partial charge in [0.05, 0.1) is 16.7 Å². The van der Waals surface area contributed by atoms with Crippen molar-refractivity contribution in [1.82, 2.24) is 15.5 Å². The van der Waals surface area contributed by atoms with E-state index in [2.05, 4.69) is 15.6 Å². The Morgan fingerprint density at radius 1 is 1.27 bits per heavy atom. The lowest BCUT2D eigenvalue weighted by Gasteiger charge is -2.23. The highest BCUT2D eigenvalue weighted by molar-refractivity contribution is 14.0. The largest absolute Gasteiger partial charge is 0.444 e. The minimum atomic E-state index is -3.28. The van der Waals surface area contributed by atoms with Crippen LogP contribution in [0.25, 0.3) is 0 Å². The molecule has 1 aromatic carbocycles. The molecule has 1 aliphatic rings. The molecule has 1 heterocycles. The first-order valence-electron chi connectivity index (χ1n) is 9.83. The number of alkyl carbamates (subject to hydrolysis) is 1. The number of hydrogen-bond acceptors (Lipinski definition) is 5. The molecular formula is C20H33IN4O4S. The number of carbonyl (C=O) groups excluding carboxylic acids is 1. The van der Waals surface area contributed by atoms with E-state index < -0.39 is 21.5 Å². The van der Waals surface area contributed by atoms with E-state index in [-0.39, 0.29) is 35.8 Å². The summed E-state index contributed by atoms with van der Waals surface area (Å²) in [6.45, 7) is 7.37. The van der Waals surface area contributed by atoms with Gasteiger partial charge >= 0.3 is 6.09 Å². The van der Waals surface area contributed by atoms with Gasteiger partial charge in [-0.2, -0.15) is 0 Å². The SMILES string of the molecule is CN=C(NCCCS(=O)(=O)c1ccccc1)N1CCC(NC(=O)OC(C)(C)C)C1.I. The number of amides is 1. The summed E-state index contributed by atoms with van der Waals surface area (Å²) in [5.41, 5.74) is -0.528. The molecule has 8 nitrogen and oxygen atoms in total. The first-order chi connectivity index (χ1) is 13.6. The Morgan fingerprint density at radius 2 is 1.93 bits per heavy atom. The second-order valence-electron chi connectivity index (χ2n) is 8.04. The predicted molar refractivity (Wildman–Crippen MR) is 129 cm³/mol. The molecule has 0 radical (unpaired) electrons. The zero-order valence-electron chi connectivity index (χ0n) is 18.1.